The number of nitrogens with one attached hydrogen (secondary N) is 1. The zero-order chi connectivity index (χ0) is 20.9. The van der Waals surface area contributed by atoms with E-state index in [2.05, 4.69) is 62.6 Å². The molecule has 7 heteroatoms. The first kappa shape index (κ1) is 26.1. The molecule has 0 spiro atoms. The van der Waals surface area contributed by atoms with Gasteiger partial charge in [0.1, 0.15) is 0 Å². The molecule has 0 bridgehead atoms. The molecule has 0 amide bonds. The summed E-state index contributed by atoms with van der Waals surface area (Å²) in [7, 11) is 1.87. The molecule has 31 heavy (non-hydrogen) atoms. The third-order valence-electron chi connectivity index (χ3n) is 5.80. The third kappa shape index (κ3) is 9.89. The first-order valence-electron chi connectivity index (χ1n) is 11.4. The summed E-state index contributed by atoms with van der Waals surface area (Å²) < 4.78 is 11.3. The van der Waals surface area contributed by atoms with Gasteiger partial charge in [-0.05, 0) is 30.7 Å². The van der Waals surface area contributed by atoms with Gasteiger partial charge in [0.05, 0.1) is 0 Å². The van der Waals surface area contributed by atoms with Crippen molar-refractivity contribution in [3.8, 4) is 0 Å². The van der Waals surface area contributed by atoms with E-state index in [-0.39, 0.29) is 24.0 Å². The molecular weight excluding hydrogens is 503 g/mol. The molecule has 6 nitrogen and oxygen atoms in total. The monoisotopic (exact) mass is 542 g/mol. The lowest BCUT2D eigenvalue weighted by Gasteiger charge is -2.36. The minimum absolute atomic E-state index is 0. The molecule has 0 atom stereocenters. The van der Waals surface area contributed by atoms with Crippen molar-refractivity contribution in [1.29, 1.82) is 0 Å². The molecule has 174 valence electrons. The highest BCUT2D eigenvalue weighted by molar-refractivity contribution is 14.0. The molecule has 1 aromatic rings. The zero-order valence-electron chi connectivity index (χ0n) is 18.9. The van der Waals surface area contributed by atoms with E-state index in [1.807, 2.05) is 7.05 Å². The SMILES string of the molecule is CN=C(NCCCOCC1CCOCC1)N1CCN(C/C=C/c2ccccc2)CC1.I. The fourth-order valence-corrected chi connectivity index (χ4v) is 3.91. The average Bonchev–Trinajstić information content (AvgIpc) is 2.81. The number of piperazine rings is 1. The van der Waals surface area contributed by atoms with Crippen LogP contribution in [0.25, 0.3) is 6.08 Å². The van der Waals surface area contributed by atoms with E-state index in [0.717, 1.165) is 90.9 Å². The first-order chi connectivity index (χ1) is 14.8. The molecular formula is C24H39IN4O2. The second kappa shape index (κ2) is 15.6. The van der Waals surface area contributed by atoms with Crippen molar-refractivity contribution in [2.75, 3.05) is 72.7 Å². The summed E-state index contributed by atoms with van der Waals surface area (Å²) in [6.07, 6.45) is 7.75. The molecule has 0 radical (unpaired) electrons. The normalized spacial score (nSPS) is 18.9. The van der Waals surface area contributed by atoms with Gasteiger partial charge in [-0.1, -0.05) is 42.5 Å². The smallest absolute Gasteiger partial charge is 0.193 e. The fourth-order valence-electron chi connectivity index (χ4n) is 3.91. The van der Waals surface area contributed by atoms with Gasteiger partial charge in [0.15, 0.2) is 5.96 Å². The topological polar surface area (TPSA) is 49.3 Å². The van der Waals surface area contributed by atoms with Gasteiger partial charge in [0, 0.05) is 72.7 Å². The van der Waals surface area contributed by atoms with E-state index < -0.39 is 0 Å². The van der Waals surface area contributed by atoms with Gasteiger partial charge in [-0.15, -0.1) is 24.0 Å². The van der Waals surface area contributed by atoms with Crippen LogP contribution in [-0.2, 0) is 9.47 Å². The fraction of sp³-hybridized carbons (Fsp3) is 0.625. The summed E-state index contributed by atoms with van der Waals surface area (Å²) in [5.41, 5.74) is 1.26. The van der Waals surface area contributed by atoms with Crippen molar-refractivity contribution in [2.45, 2.75) is 19.3 Å². The molecule has 1 aromatic carbocycles. The highest BCUT2D eigenvalue weighted by Gasteiger charge is 2.18. The van der Waals surface area contributed by atoms with Gasteiger partial charge in [0.2, 0.25) is 0 Å². The van der Waals surface area contributed by atoms with Gasteiger partial charge in [-0.25, -0.2) is 0 Å². The summed E-state index contributed by atoms with van der Waals surface area (Å²) in [4.78, 5) is 9.33. The summed E-state index contributed by atoms with van der Waals surface area (Å²) in [5, 5.41) is 3.50. The summed E-state index contributed by atoms with van der Waals surface area (Å²) in [6.45, 7) is 9.52. The number of hydrogen-bond donors (Lipinski definition) is 1. The third-order valence-corrected chi connectivity index (χ3v) is 5.80. The molecule has 2 aliphatic heterocycles. The molecule has 3 rings (SSSR count). The molecule has 0 unspecified atom stereocenters. The number of halogens is 1. The first-order valence-corrected chi connectivity index (χ1v) is 11.4. The minimum Gasteiger partial charge on any atom is -0.381 e. The Kier molecular flexibility index (Phi) is 13.1. The Morgan fingerprint density at radius 2 is 1.90 bits per heavy atom. The Morgan fingerprint density at radius 3 is 2.61 bits per heavy atom. The average molecular weight is 543 g/mol. The van der Waals surface area contributed by atoms with Gasteiger partial charge in [-0.3, -0.25) is 9.89 Å². The van der Waals surface area contributed by atoms with E-state index in [1.165, 1.54) is 5.56 Å². The standard InChI is InChI=1S/C24H38N4O2.HI/c1-25-24(26-12-6-18-30-21-23-10-19-29-20-11-23)28-16-14-27(15-17-28)13-5-9-22-7-3-2-4-8-22;/h2-5,7-9,23H,6,10-21H2,1H3,(H,25,26);1H/b9-5+;. The number of nitrogens with zero attached hydrogens (tertiary/aromatic N) is 3. The van der Waals surface area contributed by atoms with Crippen LogP contribution < -0.4 is 5.32 Å². The summed E-state index contributed by atoms with van der Waals surface area (Å²) in [5.74, 6) is 1.69. The highest BCUT2D eigenvalue weighted by atomic mass is 127. The molecule has 0 aromatic heterocycles. The van der Waals surface area contributed by atoms with Crippen molar-refractivity contribution in [3.05, 3.63) is 42.0 Å². The Balaban J connectivity index is 0.00000341. The Labute approximate surface area is 205 Å². The Morgan fingerprint density at radius 1 is 1.16 bits per heavy atom. The van der Waals surface area contributed by atoms with Crippen molar-refractivity contribution >= 4 is 36.0 Å². The molecule has 2 aliphatic rings. The van der Waals surface area contributed by atoms with Crippen LogP contribution in [0, 0.1) is 5.92 Å². The number of rotatable bonds is 9. The second-order valence-electron chi connectivity index (χ2n) is 8.06. The van der Waals surface area contributed by atoms with Crippen LogP contribution in [0.2, 0.25) is 0 Å². The quantitative estimate of drug-likeness (QED) is 0.225. The molecule has 0 saturated carbocycles. The van der Waals surface area contributed by atoms with Gasteiger partial charge < -0.3 is 19.7 Å². The lowest BCUT2D eigenvalue weighted by molar-refractivity contribution is 0.0203. The van der Waals surface area contributed by atoms with E-state index in [1.54, 1.807) is 0 Å². The van der Waals surface area contributed by atoms with Crippen molar-refractivity contribution in [1.82, 2.24) is 15.1 Å². The molecule has 2 fully saturated rings. The van der Waals surface area contributed by atoms with Gasteiger partial charge >= 0.3 is 0 Å². The van der Waals surface area contributed by atoms with Crippen LogP contribution in [0.5, 0.6) is 0 Å². The van der Waals surface area contributed by atoms with Crippen molar-refractivity contribution < 1.29 is 9.47 Å². The molecule has 0 aliphatic carbocycles. The van der Waals surface area contributed by atoms with E-state index >= 15 is 0 Å². The van der Waals surface area contributed by atoms with Crippen LogP contribution in [0.4, 0.5) is 0 Å². The second-order valence-corrected chi connectivity index (χ2v) is 8.06. The number of ether oxygens (including phenoxy) is 2. The maximum absolute atomic E-state index is 5.86. The van der Waals surface area contributed by atoms with E-state index in [0.29, 0.717) is 5.92 Å². The van der Waals surface area contributed by atoms with E-state index in [4.69, 9.17) is 9.47 Å². The maximum Gasteiger partial charge on any atom is 0.193 e. The van der Waals surface area contributed by atoms with Crippen LogP contribution in [0.1, 0.15) is 24.8 Å². The molecule has 1 N–H and O–H groups in total. The van der Waals surface area contributed by atoms with Gasteiger partial charge in [-0.2, -0.15) is 0 Å². The number of aliphatic imine (C=N–C) groups is 1. The number of guanidine groups is 1. The Bertz CT molecular complexity index is 642. The lowest BCUT2D eigenvalue weighted by Crippen LogP contribution is -2.52. The van der Waals surface area contributed by atoms with Crippen LogP contribution >= 0.6 is 24.0 Å². The van der Waals surface area contributed by atoms with Gasteiger partial charge in [0.25, 0.3) is 0 Å². The van der Waals surface area contributed by atoms with Crippen molar-refractivity contribution in [2.24, 2.45) is 10.9 Å². The Hall–Kier alpha value is -1.16. The summed E-state index contributed by atoms with van der Waals surface area (Å²) >= 11 is 0. The zero-order valence-corrected chi connectivity index (χ0v) is 21.2. The number of benzene rings is 1. The predicted molar refractivity (Wildman–Crippen MR) is 139 cm³/mol. The summed E-state index contributed by atoms with van der Waals surface area (Å²) in [6, 6.07) is 10.5. The van der Waals surface area contributed by atoms with Crippen LogP contribution in [0.3, 0.4) is 0 Å². The van der Waals surface area contributed by atoms with Crippen LogP contribution in [0.15, 0.2) is 41.4 Å². The number of hydrogen-bond acceptors (Lipinski definition) is 4. The van der Waals surface area contributed by atoms with Crippen LogP contribution in [-0.4, -0.2) is 88.5 Å². The lowest BCUT2D eigenvalue weighted by atomic mass is 10.0. The largest absolute Gasteiger partial charge is 0.381 e. The minimum atomic E-state index is 0. The predicted octanol–water partition coefficient (Wildman–Crippen LogP) is 3.34. The van der Waals surface area contributed by atoms with Crippen molar-refractivity contribution in [3.63, 3.8) is 0 Å². The maximum atomic E-state index is 5.86. The molecule has 2 heterocycles. The highest BCUT2D eigenvalue weighted by Crippen LogP contribution is 2.14. The van der Waals surface area contributed by atoms with E-state index in [9.17, 15) is 0 Å². The molecule has 2 saturated heterocycles.